The first-order valence-electron chi connectivity index (χ1n) is 14.1. The first-order valence-corrected chi connectivity index (χ1v) is 14.1. The summed E-state index contributed by atoms with van der Waals surface area (Å²) in [4.78, 5) is 30.4. The monoisotopic (exact) mass is 544 g/mol. The summed E-state index contributed by atoms with van der Waals surface area (Å²) in [6.45, 7) is 5.04. The lowest BCUT2D eigenvalue weighted by Gasteiger charge is -2.37. The molecular formula is C32H32N8O. The van der Waals surface area contributed by atoms with Crippen molar-refractivity contribution in [2.75, 3.05) is 47.4 Å². The van der Waals surface area contributed by atoms with E-state index in [-0.39, 0.29) is 5.91 Å². The summed E-state index contributed by atoms with van der Waals surface area (Å²) < 4.78 is 0. The molecule has 2 N–H and O–H groups in total. The number of hydrogen-bond acceptors (Lipinski definition) is 7. The summed E-state index contributed by atoms with van der Waals surface area (Å²) in [6, 6.07) is 30.8. The summed E-state index contributed by atoms with van der Waals surface area (Å²) in [6.07, 6.45) is 0. The number of rotatable bonds is 7. The summed E-state index contributed by atoms with van der Waals surface area (Å²) in [5, 5.41) is 11.7. The van der Waals surface area contributed by atoms with Gasteiger partial charge in [0.15, 0.2) is 5.65 Å². The highest BCUT2D eigenvalue weighted by molar-refractivity contribution is 5.98. The minimum absolute atomic E-state index is 0.0490. The van der Waals surface area contributed by atoms with Crippen molar-refractivity contribution in [2.24, 2.45) is 0 Å². The Kier molecular flexibility index (Phi) is 6.68. The Hall–Kier alpha value is -4.92. The van der Waals surface area contributed by atoms with E-state index in [0.29, 0.717) is 36.9 Å². The molecule has 2 aliphatic heterocycles. The smallest absolute Gasteiger partial charge is 0.231 e. The van der Waals surface area contributed by atoms with Crippen LogP contribution in [-0.2, 0) is 17.9 Å². The first-order chi connectivity index (χ1) is 20.2. The molecule has 2 aromatic heterocycles. The Balaban J connectivity index is 1.18. The number of nitrogens with zero attached hydrogens (tertiary/aromatic N) is 6. The maximum atomic E-state index is 13.5. The molecule has 1 fully saturated rings. The normalized spacial score (nSPS) is 16.7. The van der Waals surface area contributed by atoms with E-state index in [4.69, 9.17) is 9.97 Å². The number of piperazine rings is 1. The zero-order valence-corrected chi connectivity index (χ0v) is 22.8. The third-order valence-electron chi connectivity index (χ3n) is 7.98. The third kappa shape index (κ3) is 5.06. The van der Waals surface area contributed by atoms with E-state index < -0.39 is 5.92 Å². The molecule has 9 heteroatoms. The quantitative estimate of drug-likeness (QED) is 0.319. The number of benzene rings is 3. The molecule has 0 saturated carbocycles. The summed E-state index contributed by atoms with van der Waals surface area (Å²) in [5.41, 5.74) is 4.84. The van der Waals surface area contributed by atoms with Crippen molar-refractivity contribution in [3.63, 3.8) is 0 Å². The van der Waals surface area contributed by atoms with Gasteiger partial charge in [-0.2, -0.15) is 15.1 Å². The molecule has 0 aliphatic carbocycles. The number of carbonyl (C=O) groups is 1. The third-order valence-corrected chi connectivity index (χ3v) is 7.98. The minimum Gasteiger partial charge on any atom is -0.368 e. The number of aromatic nitrogens is 4. The number of aromatic amines is 1. The van der Waals surface area contributed by atoms with Gasteiger partial charge in [-0.1, -0.05) is 78.9 Å². The lowest BCUT2D eigenvalue weighted by atomic mass is 9.96. The van der Waals surface area contributed by atoms with Gasteiger partial charge in [0.1, 0.15) is 11.7 Å². The number of carbonyl (C=O) groups excluding carboxylic acids is 1. The van der Waals surface area contributed by atoms with Crippen LogP contribution in [0.25, 0.3) is 11.0 Å². The van der Waals surface area contributed by atoms with Crippen molar-refractivity contribution in [1.29, 1.82) is 0 Å². The molecule has 1 atom stereocenters. The first kappa shape index (κ1) is 25.1. The van der Waals surface area contributed by atoms with Crippen LogP contribution >= 0.6 is 0 Å². The van der Waals surface area contributed by atoms with E-state index in [1.807, 2.05) is 54.6 Å². The van der Waals surface area contributed by atoms with Gasteiger partial charge in [-0.25, -0.2) is 0 Å². The van der Waals surface area contributed by atoms with Crippen molar-refractivity contribution in [2.45, 2.75) is 19.0 Å². The Morgan fingerprint density at radius 2 is 1.44 bits per heavy atom. The van der Waals surface area contributed by atoms with Crippen molar-refractivity contribution in [1.82, 2.24) is 25.5 Å². The highest BCUT2D eigenvalue weighted by Gasteiger charge is 2.36. The molecular weight excluding hydrogens is 512 g/mol. The Morgan fingerprint density at radius 1 is 0.805 bits per heavy atom. The molecule has 206 valence electrons. The highest BCUT2D eigenvalue weighted by atomic mass is 16.1. The van der Waals surface area contributed by atoms with Crippen LogP contribution in [0.3, 0.4) is 0 Å². The fraction of sp³-hybridized carbons (Fsp3) is 0.250. The van der Waals surface area contributed by atoms with E-state index in [2.05, 4.69) is 66.6 Å². The average Bonchev–Trinajstić information content (AvgIpc) is 3.47. The van der Waals surface area contributed by atoms with Gasteiger partial charge in [0.05, 0.1) is 11.1 Å². The van der Waals surface area contributed by atoms with E-state index >= 15 is 0 Å². The standard InChI is InChI=1S/C32H32N8O/c41-31(33-20-23-10-4-1-5-11-23)26-22-40(21-24-12-6-2-7-13-24)30-27-28(26)36-37-29(27)34-32(35-30)39-18-16-38(17-19-39)25-14-8-3-9-15-25/h1-15,26H,16-22H2,(H,33,41)(H,34,35,36,37). The maximum absolute atomic E-state index is 13.5. The Bertz CT molecular complexity index is 1630. The molecule has 0 bridgehead atoms. The van der Waals surface area contributed by atoms with Gasteiger partial charge in [0, 0.05) is 51.5 Å². The van der Waals surface area contributed by atoms with Crippen molar-refractivity contribution in [3.05, 3.63) is 108 Å². The number of anilines is 3. The van der Waals surface area contributed by atoms with Crippen LogP contribution in [0.2, 0.25) is 0 Å². The van der Waals surface area contributed by atoms with E-state index in [9.17, 15) is 4.79 Å². The molecule has 1 unspecified atom stereocenters. The van der Waals surface area contributed by atoms with Crippen LogP contribution < -0.4 is 20.0 Å². The molecule has 9 nitrogen and oxygen atoms in total. The lowest BCUT2D eigenvalue weighted by molar-refractivity contribution is -0.122. The zero-order valence-electron chi connectivity index (χ0n) is 22.8. The van der Waals surface area contributed by atoms with Gasteiger partial charge in [0.25, 0.3) is 0 Å². The zero-order chi connectivity index (χ0) is 27.6. The Morgan fingerprint density at radius 3 is 2.15 bits per heavy atom. The lowest BCUT2D eigenvalue weighted by Crippen LogP contribution is -2.47. The van der Waals surface area contributed by atoms with Crippen molar-refractivity contribution < 1.29 is 4.79 Å². The molecule has 41 heavy (non-hydrogen) atoms. The van der Waals surface area contributed by atoms with Crippen LogP contribution in [0.5, 0.6) is 0 Å². The second-order valence-electron chi connectivity index (χ2n) is 10.6. The summed E-state index contributed by atoms with van der Waals surface area (Å²) in [5.74, 6) is 1.04. The minimum atomic E-state index is -0.437. The number of para-hydroxylation sites is 1. The van der Waals surface area contributed by atoms with Gasteiger partial charge in [0.2, 0.25) is 11.9 Å². The summed E-state index contributed by atoms with van der Waals surface area (Å²) >= 11 is 0. The molecule has 3 aromatic carbocycles. The maximum Gasteiger partial charge on any atom is 0.231 e. The SMILES string of the molecule is O=C(NCc1ccccc1)C1CN(Cc2ccccc2)c2nc(N3CCN(c4ccccc4)CC3)nc3[nH]nc1c23. The van der Waals surface area contributed by atoms with Crippen molar-refractivity contribution in [3.8, 4) is 0 Å². The van der Waals surface area contributed by atoms with Gasteiger partial charge < -0.3 is 20.0 Å². The van der Waals surface area contributed by atoms with Crippen LogP contribution in [0.15, 0.2) is 91.0 Å². The fourth-order valence-corrected chi connectivity index (χ4v) is 5.80. The number of H-pyrrole nitrogens is 1. The topological polar surface area (TPSA) is 93.3 Å². The van der Waals surface area contributed by atoms with E-state index in [1.54, 1.807) is 0 Å². The van der Waals surface area contributed by atoms with E-state index in [0.717, 1.165) is 48.5 Å². The molecule has 7 rings (SSSR count). The van der Waals surface area contributed by atoms with Crippen LogP contribution in [0, 0.1) is 0 Å². The van der Waals surface area contributed by atoms with Crippen molar-refractivity contribution >= 4 is 34.4 Å². The van der Waals surface area contributed by atoms with Gasteiger partial charge in [-0.15, -0.1) is 0 Å². The van der Waals surface area contributed by atoms with E-state index in [1.165, 1.54) is 5.69 Å². The molecule has 2 aliphatic rings. The number of amides is 1. The molecule has 0 radical (unpaired) electrons. The van der Waals surface area contributed by atoms with Gasteiger partial charge in [-0.05, 0) is 23.3 Å². The molecule has 1 saturated heterocycles. The molecule has 1 amide bonds. The predicted molar refractivity (Wildman–Crippen MR) is 161 cm³/mol. The average molecular weight is 545 g/mol. The highest BCUT2D eigenvalue weighted by Crippen LogP contribution is 2.38. The number of hydrogen-bond donors (Lipinski definition) is 2. The van der Waals surface area contributed by atoms with Gasteiger partial charge in [-0.3, -0.25) is 9.89 Å². The number of nitrogens with one attached hydrogen (secondary N) is 2. The van der Waals surface area contributed by atoms with Crippen LogP contribution in [0.1, 0.15) is 22.7 Å². The second-order valence-corrected chi connectivity index (χ2v) is 10.6. The Labute approximate surface area is 238 Å². The van der Waals surface area contributed by atoms with Crippen LogP contribution in [0.4, 0.5) is 17.5 Å². The summed E-state index contributed by atoms with van der Waals surface area (Å²) in [7, 11) is 0. The molecule has 5 aromatic rings. The van der Waals surface area contributed by atoms with Crippen LogP contribution in [-0.4, -0.2) is 58.8 Å². The predicted octanol–water partition coefficient (Wildman–Crippen LogP) is 4.10. The molecule has 0 spiro atoms. The molecule has 4 heterocycles. The second kappa shape index (κ2) is 10.9. The largest absolute Gasteiger partial charge is 0.368 e. The fourth-order valence-electron chi connectivity index (χ4n) is 5.80. The van der Waals surface area contributed by atoms with Gasteiger partial charge >= 0.3 is 0 Å².